The summed E-state index contributed by atoms with van der Waals surface area (Å²) in [5.74, 6) is -0.144. The number of carbonyl (C=O) groups is 1. The van der Waals surface area contributed by atoms with Gasteiger partial charge < -0.3 is 10.2 Å². The average Bonchev–Trinajstić information content (AvgIpc) is 2.60. The van der Waals surface area contributed by atoms with Gasteiger partial charge in [-0.05, 0) is 32.4 Å². The van der Waals surface area contributed by atoms with E-state index in [2.05, 4.69) is 22.2 Å². The van der Waals surface area contributed by atoms with Crippen molar-refractivity contribution in [3.8, 4) is 0 Å². The number of aromatic nitrogens is 2. The van der Waals surface area contributed by atoms with Crippen molar-refractivity contribution in [2.45, 2.75) is 39.3 Å². The first-order chi connectivity index (χ1) is 11.6. The number of carbonyl (C=O) groups excluding carboxylic acids is 1. The number of rotatable bonds is 4. The normalized spacial score (nSPS) is 16.4. The summed E-state index contributed by atoms with van der Waals surface area (Å²) in [6.45, 7) is 7.05. The molecule has 0 aliphatic carbocycles. The molecule has 128 valence electrons. The minimum atomic E-state index is -0.216. The molecule has 0 radical (unpaired) electrons. The van der Waals surface area contributed by atoms with E-state index in [1.54, 1.807) is 6.07 Å². The molecule has 0 bridgehead atoms. The third kappa shape index (κ3) is 3.48. The quantitative estimate of drug-likeness (QED) is 0.919. The number of nitrogens with one attached hydrogen (secondary N) is 1. The largest absolute Gasteiger partial charge is 0.352 e. The third-order valence-corrected chi connectivity index (χ3v) is 4.75. The van der Waals surface area contributed by atoms with Crippen molar-refractivity contribution < 1.29 is 4.79 Å². The molecule has 0 saturated carbocycles. The standard InChI is InChI=1S/C18H24N4O2/c1-3-21-10-8-14(9-11-21)19-17(23)12-22-18(24)16-7-5-4-6-15(16)13(2)20-22/h4-7,14H,3,8-12H2,1-2H3,(H,19,23). The Morgan fingerprint density at radius 3 is 2.58 bits per heavy atom. The lowest BCUT2D eigenvalue weighted by Crippen LogP contribution is -2.46. The molecule has 0 unspecified atom stereocenters. The molecule has 3 rings (SSSR count). The fourth-order valence-corrected chi connectivity index (χ4v) is 3.31. The molecule has 1 aromatic heterocycles. The van der Waals surface area contributed by atoms with Crippen LogP contribution in [0, 0.1) is 6.92 Å². The number of aryl methyl sites for hydroxylation is 1. The Morgan fingerprint density at radius 1 is 1.25 bits per heavy atom. The van der Waals surface area contributed by atoms with Crippen molar-refractivity contribution in [3.05, 3.63) is 40.3 Å². The lowest BCUT2D eigenvalue weighted by Gasteiger charge is -2.31. The van der Waals surface area contributed by atoms with Crippen LogP contribution in [0.3, 0.4) is 0 Å². The van der Waals surface area contributed by atoms with E-state index in [-0.39, 0.29) is 24.1 Å². The fraction of sp³-hybridized carbons (Fsp3) is 0.500. The van der Waals surface area contributed by atoms with E-state index in [9.17, 15) is 9.59 Å². The second kappa shape index (κ2) is 7.13. The van der Waals surface area contributed by atoms with E-state index in [1.807, 2.05) is 25.1 Å². The molecule has 2 heterocycles. The van der Waals surface area contributed by atoms with E-state index in [4.69, 9.17) is 0 Å². The zero-order valence-corrected chi connectivity index (χ0v) is 14.3. The van der Waals surface area contributed by atoms with Gasteiger partial charge in [-0.1, -0.05) is 25.1 Å². The van der Waals surface area contributed by atoms with Crippen LogP contribution >= 0.6 is 0 Å². The van der Waals surface area contributed by atoms with Crippen molar-refractivity contribution in [1.29, 1.82) is 0 Å². The van der Waals surface area contributed by atoms with Gasteiger partial charge in [-0.25, -0.2) is 4.68 Å². The van der Waals surface area contributed by atoms with E-state index >= 15 is 0 Å². The second-order valence-corrected chi connectivity index (χ2v) is 6.37. The molecule has 1 aliphatic rings. The first kappa shape index (κ1) is 16.6. The molecular formula is C18H24N4O2. The number of fused-ring (bicyclic) bond motifs is 1. The summed E-state index contributed by atoms with van der Waals surface area (Å²) < 4.78 is 1.27. The number of nitrogens with zero attached hydrogens (tertiary/aromatic N) is 3. The molecule has 1 amide bonds. The smallest absolute Gasteiger partial charge is 0.275 e. The zero-order chi connectivity index (χ0) is 17.1. The maximum Gasteiger partial charge on any atom is 0.275 e. The Kier molecular flexibility index (Phi) is 4.94. The van der Waals surface area contributed by atoms with Crippen LogP contribution < -0.4 is 10.9 Å². The first-order valence-electron chi connectivity index (χ1n) is 8.56. The summed E-state index contributed by atoms with van der Waals surface area (Å²) in [4.78, 5) is 27.2. The van der Waals surface area contributed by atoms with Gasteiger partial charge in [-0.3, -0.25) is 9.59 Å². The number of hydrogen-bond donors (Lipinski definition) is 1. The zero-order valence-electron chi connectivity index (χ0n) is 14.3. The van der Waals surface area contributed by atoms with Crippen molar-refractivity contribution in [1.82, 2.24) is 20.0 Å². The van der Waals surface area contributed by atoms with Crippen LogP contribution in [0.2, 0.25) is 0 Å². The predicted molar refractivity (Wildman–Crippen MR) is 94.0 cm³/mol. The molecule has 6 nitrogen and oxygen atoms in total. The molecule has 1 saturated heterocycles. The molecule has 1 N–H and O–H groups in total. The summed E-state index contributed by atoms with van der Waals surface area (Å²) in [5.41, 5.74) is 0.543. The Hall–Kier alpha value is -2.21. The highest BCUT2D eigenvalue weighted by molar-refractivity contribution is 5.83. The highest BCUT2D eigenvalue weighted by Gasteiger charge is 2.20. The molecule has 1 aliphatic heterocycles. The van der Waals surface area contributed by atoms with Gasteiger partial charge in [0.1, 0.15) is 6.54 Å². The van der Waals surface area contributed by atoms with Gasteiger partial charge >= 0.3 is 0 Å². The molecule has 0 atom stereocenters. The monoisotopic (exact) mass is 328 g/mol. The summed E-state index contributed by atoms with van der Waals surface area (Å²) in [6.07, 6.45) is 1.91. The van der Waals surface area contributed by atoms with Gasteiger partial charge in [0, 0.05) is 24.5 Å². The van der Waals surface area contributed by atoms with E-state index in [0.717, 1.165) is 43.6 Å². The van der Waals surface area contributed by atoms with Gasteiger partial charge in [0.15, 0.2) is 0 Å². The Balaban J connectivity index is 1.70. The molecule has 2 aromatic rings. The summed E-state index contributed by atoms with van der Waals surface area (Å²) >= 11 is 0. The Labute approximate surface area is 141 Å². The van der Waals surface area contributed by atoms with Crippen molar-refractivity contribution >= 4 is 16.7 Å². The van der Waals surface area contributed by atoms with Crippen LogP contribution in [0.25, 0.3) is 10.8 Å². The minimum absolute atomic E-state index is 0.0293. The molecule has 24 heavy (non-hydrogen) atoms. The van der Waals surface area contributed by atoms with E-state index in [1.165, 1.54) is 4.68 Å². The number of piperidine rings is 1. The SMILES string of the molecule is CCN1CCC(NC(=O)Cn2nc(C)c3ccccc3c2=O)CC1. The summed E-state index contributed by atoms with van der Waals surface area (Å²) in [6, 6.07) is 7.56. The molecule has 0 spiro atoms. The molecule has 6 heteroatoms. The highest BCUT2D eigenvalue weighted by atomic mass is 16.2. The second-order valence-electron chi connectivity index (χ2n) is 6.37. The molecular weight excluding hydrogens is 304 g/mol. The maximum absolute atomic E-state index is 12.5. The van der Waals surface area contributed by atoms with Crippen molar-refractivity contribution in [3.63, 3.8) is 0 Å². The maximum atomic E-state index is 12.5. The average molecular weight is 328 g/mol. The van der Waals surface area contributed by atoms with Gasteiger partial charge in [0.05, 0.1) is 11.1 Å². The van der Waals surface area contributed by atoms with Crippen LogP contribution in [0.1, 0.15) is 25.5 Å². The van der Waals surface area contributed by atoms with Gasteiger partial charge in [-0.15, -0.1) is 0 Å². The van der Waals surface area contributed by atoms with Crippen LogP contribution in [-0.4, -0.2) is 46.3 Å². The van der Waals surface area contributed by atoms with Gasteiger partial charge in [-0.2, -0.15) is 5.10 Å². The van der Waals surface area contributed by atoms with Crippen LogP contribution in [0.15, 0.2) is 29.1 Å². The van der Waals surface area contributed by atoms with Crippen LogP contribution in [0.4, 0.5) is 0 Å². The van der Waals surface area contributed by atoms with Crippen molar-refractivity contribution in [2.75, 3.05) is 19.6 Å². The van der Waals surface area contributed by atoms with E-state index in [0.29, 0.717) is 5.39 Å². The minimum Gasteiger partial charge on any atom is -0.352 e. The number of benzene rings is 1. The summed E-state index contributed by atoms with van der Waals surface area (Å²) in [5, 5.41) is 8.78. The number of amides is 1. The Morgan fingerprint density at radius 2 is 1.92 bits per heavy atom. The van der Waals surface area contributed by atoms with Crippen molar-refractivity contribution in [2.24, 2.45) is 0 Å². The lowest BCUT2D eigenvalue weighted by atomic mass is 10.1. The predicted octanol–water partition coefficient (Wildman–Crippen LogP) is 1.31. The first-order valence-corrected chi connectivity index (χ1v) is 8.56. The highest BCUT2D eigenvalue weighted by Crippen LogP contribution is 2.12. The summed E-state index contributed by atoms with van der Waals surface area (Å²) in [7, 11) is 0. The number of likely N-dealkylation sites (tertiary alicyclic amines) is 1. The number of hydrogen-bond acceptors (Lipinski definition) is 4. The van der Waals surface area contributed by atoms with Gasteiger partial charge in [0.2, 0.25) is 5.91 Å². The van der Waals surface area contributed by atoms with Crippen LogP contribution in [-0.2, 0) is 11.3 Å². The lowest BCUT2D eigenvalue weighted by molar-refractivity contribution is -0.122. The van der Waals surface area contributed by atoms with E-state index < -0.39 is 0 Å². The topological polar surface area (TPSA) is 67.2 Å². The molecule has 1 fully saturated rings. The Bertz CT molecular complexity index is 791. The van der Waals surface area contributed by atoms with Crippen LogP contribution in [0.5, 0.6) is 0 Å². The fourth-order valence-electron chi connectivity index (χ4n) is 3.31. The molecule has 1 aromatic carbocycles. The van der Waals surface area contributed by atoms with Gasteiger partial charge in [0.25, 0.3) is 5.56 Å². The third-order valence-electron chi connectivity index (χ3n) is 4.75.